The molecule has 2 N–H and O–H groups in total. The van der Waals surface area contributed by atoms with Crippen molar-refractivity contribution in [3.63, 3.8) is 0 Å². The molecule has 1 unspecified atom stereocenters. The van der Waals surface area contributed by atoms with Crippen LogP contribution in [-0.2, 0) is 30.3 Å². The number of hydrogen-bond donors (Lipinski definition) is 2. The number of amides is 2. The maximum atomic E-state index is 12.8. The van der Waals surface area contributed by atoms with Gasteiger partial charge >= 0.3 is 5.97 Å². The average molecular weight is 688 g/mol. The van der Waals surface area contributed by atoms with Gasteiger partial charge in [-0.2, -0.15) is 0 Å². The van der Waals surface area contributed by atoms with Crippen LogP contribution in [0.1, 0.15) is 104 Å². The number of rotatable bonds is 14. The molecule has 2 heterocycles. The van der Waals surface area contributed by atoms with Crippen LogP contribution in [0.15, 0.2) is 16.9 Å². The Balaban J connectivity index is 0.000000330. The van der Waals surface area contributed by atoms with Crippen LogP contribution in [0.4, 0.5) is 0 Å². The Morgan fingerprint density at radius 1 is 1.08 bits per heavy atom. The Hall–Kier alpha value is -3.60. The predicted molar refractivity (Wildman–Crippen MR) is 193 cm³/mol. The number of benzene rings is 1. The average Bonchev–Trinajstić information content (AvgIpc) is 3.59. The van der Waals surface area contributed by atoms with Crippen molar-refractivity contribution >= 4 is 29.2 Å². The van der Waals surface area contributed by atoms with E-state index in [0.717, 1.165) is 80.4 Å². The number of aromatic amines is 1. The summed E-state index contributed by atoms with van der Waals surface area (Å²) in [6, 6.07) is 2.47. The number of hydrogen-bond acceptors (Lipinski definition) is 8. The summed E-state index contributed by atoms with van der Waals surface area (Å²) in [7, 11) is 4.75. The minimum absolute atomic E-state index is 0.0334. The molecule has 2 fully saturated rings. The lowest BCUT2D eigenvalue weighted by molar-refractivity contribution is -0.152. The van der Waals surface area contributed by atoms with Gasteiger partial charge in [-0.05, 0) is 81.8 Å². The Labute approximate surface area is 292 Å². The molecule has 1 aromatic heterocycles. The fourth-order valence-corrected chi connectivity index (χ4v) is 7.04. The highest BCUT2D eigenvalue weighted by Gasteiger charge is 2.40. The summed E-state index contributed by atoms with van der Waals surface area (Å²) in [5.74, 6) is 1.00. The zero-order valence-electron chi connectivity index (χ0n) is 31.4. The molecule has 0 spiro atoms. The number of methoxy groups -OCH3 is 3. The number of likely N-dealkylation sites (tertiary alicyclic amines) is 1. The highest BCUT2D eigenvalue weighted by molar-refractivity contribution is 5.89. The largest absolute Gasteiger partial charge is 0.496 e. The fraction of sp³-hybridized carbons (Fsp3) is 0.684. The summed E-state index contributed by atoms with van der Waals surface area (Å²) >= 11 is 0. The molecule has 1 aromatic carbocycles. The van der Waals surface area contributed by atoms with E-state index in [1.165, 1.54) is 19.6 Å². The van der Waals surface area contributed by atoms with Crippen LogP contribution < -0.4 is 20.2 Å². The lowest BCUT2D eigenvalue weighted by atomic mass is 9.83. The smallest absolute Gasteiger partial charge is 0.328 e. The summed E-state index contributed by atoms with van der Waals surface area (Å²) in [6.45, 7) is 14.1. The van der Waals surface area contributed by atoms with Crippen LogP contribution in [0.2, 0.25) is 0 Å². The van der Waals surface area contributed by atoms with Crippen molar-refractivity contribution in [1.82, 2.24) is 15.2 Å². The summed E-state index contributed by atoms with van der Waals surface area (Å²) in [6.07, 6.45) is 10.2. The van der Waals surface area contributed by atoms with Gasteiger partial charge in [0, 0.05) is 30.7 Å². The van der Waals surface area contributed by atoms with Crippen molar-refractivity contribution in [2.45, 2.75) is 118 Å². The number of carbonyl (C=O) groups is 3. The highest BCUT2D eigenvalue weighted by atomic mass is 16.5. The molecule has 1 aliphatic heterocycles. The zero-order valence-corrected chi connectivity index (χ0v) is 31.4. The Kier molecular flexibility index (Phi) is 17.7. The van der Waals surface area contributed by atoms with Crippen molar-refractivity contribution in [3.8, 4) is 11.6 Å². The molecule has 1 aliphatic carbocycles. The van der Waals surface area contributed by atoms with Gasteiger partial charge in [0.15, 0.2) is 11.3 Å². The normalized spacial score (nSPS) is 16.8. The molecule has 276 valence electrons. The molecule has 49 heavy (non-hydrogen) atoms. The number of carbonyl (C=O) groups excluding carboxylic acids is 3. The van der Waals surface area contributed by atoms with Gasteiger partial charge in [0.05, 0.1) is 33.0 Å². The Morgan fingerprint density at radius 2 is 1.78 bits per heavy atom. The van der Waals surface area contributed by atoms with E-state index in [4.69, 9.17) is 18.9 Å². The number of nitrogens with one attached hydrogen (secondary N) is 2. The molecule has 4 rings (SSSR count). The van der Waals surface area contributed by atoms with E-state index >= 15 is 0 Å². The summed E-state index contributed by atoms with van der Waals surface area (Å²) in [4.78, 5) is 52.8. The molecule has 2 aliphatic rings. The molecule has 1 saturated heterocycles. The maximum Gasteiger partial charge on any atom is 0.328 e. The molecule has 2 amide bonds. The number of nitrogens with zero attached hydrogens (tertiary/aromatic N) is 1. The topological polar surface area (TPSA) is 136 Å². The monoisotopic (exact) mass is 687 g/mol. The first-order valence-electron chi connectivity index (χ1n) is 17.9. The number of pyridine rings is 1. The van der Waals surface area contributed by atoms with Crippen LogP contribution in [-0.4, -0.2) is 81.3 Å². The van der Waals surface area contributed by atoms with E-state index in [1.807, 2.05) is 33.8 Å². The molecule has 11 heteroatoms. The van der Waals surface area contributed by atoms with Crippen LogP contribution in [0.25, 0.3) is 10.9 Å². The minimum Gasteiger partial charge on any atom is -0.496 e. The van der Waals surface area contributed by atoms with Gasteiger partial charge in [0.25, 0.3) is 0 Å². The van der Waals surface area contributed by atoms with Crippen LogP contribution in [0, 0.1) is 18.3 Å². The molecule has 0 radical (unpaired) electrons. The second-order valence-electron chi connectivity index (χ2n) is 13.4. The molecule has 1 saturated carbocycles. The summed E-state index contributed by atoms with van der Waals surface area (Å²) in [5, 5.41) is 3.36. The minimum atomic E-state index is -0.506. The number of H-pyrrole nitrogens is 1. The number of aryl methyl sites for hydroxylation is 2. The Morgan fingerprint density at radius 3 is 2.37 bits per heavy atom. The first kappa shape index (κ1) is 41.6. The number of fused-ring (bicyclic) bond motifs is 1. The Bertz CT molecular complexity index is 1400. The quantitative estimate of drug-likeness (QED) is 0.179. The van der Waals surface area contributed by atoms with Gasteiger partial charge in [0.2, 0.25) is 12.3 Å². The zero-order chi connectivity index (χ0) is 36.6. The van der Waals surface area contributed by atoms with E-state index in [1.54, 1.807) is 19.1 Å². The second-order valence-corrected chi connectivity index (χ2v) is 13.4. The van der Waals surface area contributed by atoms with Crippen LogP contribution in [0.5, 0.6) is 11.6 Å². The highest BCUT2D eigenvalue weighted by Crippen LogP contribution is 2.33. The third-order valence-electron chi connectivity index (χ3n) is 9.35. The summed E-state index contributed by atoms with van der Waals surface area (Å²) in [5.41, 5.74) is 2.89. The van der Waals surface area contributed by atoms with Gasteiger partial charge in [0.1, 0.15) is 17.8 Å². The number of aromatic nitrogens is 1. The van der Waals surface area contributed by atoms with Gasteiger partial charge in [-0.25, -0.2) is 4.79 Å². The maximum absolute atomic E-state index is 12.8. The van der Waals surface area contributed by atoms with E-state index in [2.05, 4.69) is 24.1 Å². The third-order valence-corrected chi connectivity index (χ3v) is 9.35. The van der Waals surface area contributed by atoms with Gasteiger partial charge in [-0.1, -0.05) is 47.0 Å². The lowest BCUT2D eigenvalue weighted by Crippen LogP contribution is -2.53. The van der Waals surface area contributed by atoms with Gasteiger partial charge in [-0.15, -0.1) is 0 Å². The fourth-order valence-electron chi connectivity index (χ4n) is 7.04. The van der Waals surface area contributed by atoms with E-state index < -0.39 is 12.1 Å². The predicted octanol–water partition coefficient (Wildman–Crippen LogP) is 6.11. The molecular weight excluding hydrogens is 626 g/mol. The SMILES string of the molecule is CC.CCOc1cc(=O)c2cc(CCCC(C)(C)COC)c(OC)c(C)c2[nH]1.COC(=O)C1CCCN1C(=O)[C@@H](NC=O)C1CCCCC1. The van der Waals surface area contributed by atoms with Crippen molar-refractivity contribution in [2.24, 2.45) is 11.3 Å². The molecule has 2 atom stereocenters. The van der Waals surface area contributed by atoms with Crippen molar-refractivity contribution in [3.05, 3.63) is 33.5 Å². The summed E-state index contributed by atoms with van der Waals surface area (Å²) < 4.78 is 21.2. The van der Waals surface area contributed by atoms with Crippen molar-refractivity contribution in [1.29, 1.82) is 0 Å². The van der Waals surface area contributed by atoms with Gasteiger partial charge < -0.3 is 34.1 Å². The molecule has 0 bridgehead atoms. The first-order chi connectivity index (χ1) is 23.5. The van der Waals surface area contributed by atoms with Crippen molar-refractivity contribution in [2.75, 3.05) is 41.1 Å². The van der Waals surface area contributed by atoms with Crippen LogP contribution >= 0.6 is 0 Å². The van der Waals surface area contributed by atoms with Crippen LogP contribution in [0.3, 0.4) is 0 Å². The number of esters is 1. The standard InChI is InChI=1S/C21H31NO4.C15H24N2O4.C2H6/c1-7-26-18-12-17(23)16-11-15(9-8-10-21(3,4)13-24-5)20(25-6)14(2)19(16)22-18;1-21-15(20)12-8-5-9-17(12)14(19)13(16-10-18)11-6-3-2-4-7-11;1-2/h11-12H,7-10,13H2,1-6H3,(H,22,23);10-13H,2-9H2,1H3,(H,16,18);1-2H3/t;12?,13-;/m.0./s1. The van der Waals surface area contributed by atoms with E-state index in [0.29, 0.717) is 37.2 Å². The molecular formula is C38H61N3O8. The van der Waals surface area contributed by atoms with E-state index in [-0.39, 0.29) is 28.6 Å². The third kappa shape index (κ3) is 11.5. The number of ether oxygens (including phenoxy) is 4. The van der Waals surface area contributed by atoms with Gasteiger partial charge in [-0.3, -0.25) is 14.4 Å². The molecule has 2 aromatic rings. The van der Waals surface area contributed by atoms with Crippen molar-refractivity contribution < 1.29 is 33.3 Å². The lowest BCUT2D eigenvalue weighted by Gasteiger charge is -2.33. The second kappa shape index (κ2) is 20.8. The first-order valence-corrected chi connectivity index (χ1v) is 17.9. The molecule has 11 nitrogen and oxygen atoms in total. The van der Waals surface area contributed by atoms with E-state index in [9.17, 15) is 19.2 Å².